The first-order valence-electron chi connectivity index (χ1n) is 9.32. The van der Waals surface area contributed by atoms with Gasteiger partial charge in [0.1, 0.15) is 5.75 Å². The molecule has 0 aliphatic carbocycles. The zero-order chi connectivity index (χ0) is 20.5. The summed E-state index contributed by atoms with van der Waals surface area (Å²) in [7, 11) is 3.99. The highest BCUT2D eigenvalue weighted by Crippen LogP contribution is 2.14. The fraction of sp³-hybridized carbons (Fsp3) is 0.429. The molecule has 0 fully saturated rings. The molecule has 0 aliphatic rings. The fourth-order valence-corrected chi connectivity index (χ4v) is 3.55. The lowest BCUT2D eigenvalue weighted by Crippen LogP contribution is -2.47. The van der Waals surface area contributed by atoms with Crippen LogP contribution in [0.5, 0.6) is 5.75 Å². The van der Waals surface area contributed by atoms with Gasteiger partial charge < -0.3 is 20.3 Å². The monoisotopic (exact) mass is 403 g/mol. The number of urea groups is 1. The topological polar surface area (TPSA) is 70.7 Å². The molecule has 7 heteroatoms. The van der Waals surface area contributed by atoms with Gasteiger partial charge in [-0.3, -0.25) is 4.79 Å². The minimum absolute atomic E-state index is 0.0706. The Kier molecular flexibility index (Phi) is 8.47. The van der Waals surface area contributed by atoms with Crippen molar-refractivity contribution < 1.29 is 14.3 Å². The molecular weight excluding hydrogens is 374 g/mol. The maximum Gasteiger partial charge on any atom is 0.315 e. The van der Waals surface area contributed by atoms with Crippen molar-refractivity contribution in [3.8, 4) is 5.75 Å². The minimum Gasteiger partial charge on any atom is -0.427 e. The average molecular weight is 404 g/mol. The summed E-state index contributed by atoms with van der Waals surface area (Å²) in [6.45, 7) is 3.93. The number of hydrogen-bond donors (Lipinski definition) is 2. The van der Waals surface area contributed by atoms with Gasteiger partial charge in [0.2, 0.25) is 0 Å². The van der Waals surface area contributed by atoms with Gasteiger partial charge >= 0.3 is 12.0 Å². The molecule has 0 saturated carbocycles. The summed E-state index contributed by atoms with van der Waals surface area (Å²) < 4.78 is 5.06. The Balaban J connectivity index is 1.81. The van der Waals surface area contributed by atoms with Gasteiger partial charge in [-0.2, -0.15) is 11.3 Å². The third-order valence-corrected chi connectivity index (χ3v) is 5.12. The average Bonchev–Trinajstić information content (AvgIpc) is 3.12. The van der Waals surface area contributed by atoms with Gasteiger partial charge in [-0.05, 0) is 73.9 Å². The molecule has 0 saturated heterocycles. The molecule has 2 atom stereocenters. The number of rotatable bonds is 9. The lowest BCUT2D eigenvalue weighted by atomic mass is 10.0. The Morgan fingerprint density at radius 3 is 2.39 bits per heavy atom. The van der Waals surface area contributed by atoms with Crippen molar-refractivity contribution >= 4 is 23.3 Å². The van der Waals surface area contributed by atoms with E-state index < -0.39 is 0 Å². The lowest BCUT2D eigenvalue weighted by molar-refractivity contribution is -0.131. The van der Waals surface area contributed by atoms with Crippen molar-refractivity contribution in [1.82, 2.24) is 15.5 Å². The summed E-state index contributed by atoms with van der Waals surface area (Å²) in [5, 5.41) is 10.1. The number of benzene rings is 1. The number of likely N-dealkylation sites (N-methyl/N-ethyl adjacent to an activating group) is 1. The van der Waals surface area contributed by atoms with E-state index in [-0.39, 0.29) is 24.1 Å². The van der Waals surface area contributed by atoms with Crippen LogP contribution in [0.15, 0.2) is 41.1 Å². The second-order valence-electron chi connectivity index (χ2n) is 7.15. The standard InChI is InChI=1S/C21H29N3O3S/c1-15(11-18-9-10-28-14-18)23-21(26)22-13-19(24(3)4)12-17-5-7-20(8-6-17)27-16(2)25/h5-10,14-15,19H,11-13H2,1-4H3,(H2,22,23,26). The lowest BCUT2D eigenvalue weighted by Gasteiger charge is -2.25. The molecule has 1 heterocycles. The Morgan fingerprint density at radius 2 is 1.82 bits per heavy atom. The van der Waals surface area contributed by atoms with Gasteiger partial charge in [-0.25, -0.2) is 4.79 Å². The molecule has 6 nitrogen and oxygen atoms in total. The summed E-state index contributed by atoms with van der Waals surface area (Å²) in [6, 6.07) is 9.61. The predicted molar refractivity (Wildman–Crippen MR) is 113 cm³/mol. The summed E-state index contributed by atoms with van der Waals surface area (Å²) in [5.41, 5.74) is 2.35. The van der Waals surface area contributed by atoms with Gasteiger partial charge in [-0.1, -0.05) is 12.1 Å². The third-order valence-electron chi connectivity index (χ3n) is 4.38. The zero-order valence-electron chi connectivity index (χ0n) is 16.9. The molecule has 2 N–H and O–H groups in total. The van der Waals surface area contributed by atoms with Gasteiger partial charge in [0, 0.05) is 25.6 Å². The Bertz CT molecular complexity index is 745. The quantitative estimate of drug-likeness (QED) is 0.499. The summed E-state index contributed by atoms with van der Waals surface area (Å²) in [5.74, 6) is 0.206. The van der Waals surface area contributed by atoms with E-state index >= 15 is 0 Å². The summed E-state index contributed by atoms with van der Waals surface area (Å²) in [4.78, 5) is 25.3. The molecule has 152 valence electrons. The van der Waals surface area contributed by atoms with Crippen molar-refractivity contribution in [1.29, 1.82) is 0 Å². The van der Waals surface area contributed by atoms with Crippen LogP contribution in [0, 0.1) is 0 Å². The van der Waals surface area contributed by atoms with Crippen LogP contribution in [0.3, 0.4) is 0 Å². The van der Waals surface area contributed by atoms with E-state index in [1.807, 2.05) is 38.5 Å². The van der Waals surface area contributed by atoms with Crippen LogP contribution >= 0.6 is 11.3 Å². The van der Waals surface area contributed by atoms with E-state index in [2.05, 4.69) is 27.0 Å². The van der Waals surface area contributed by atoms with Crippen LogP contribution in [0.2, 0.25) is 0 Å². The second-order valence-corrected chi connectivity index (χ2v) is 7.93. The molecule has 0 aliphatic heterocycles. The van der Waals surface area contributed by atoms with E-state index in [0.717, 1.165) is 18.4 Å². The Hall–Kier alpha value is -2.38. The van der Waals surface area contributed by atoms with Crippen molar-refractivity contribution in [2.75, 3.05) is 20.6 Å². The number of ether oxygens (including phenoxy) is 1. The van der Waals surface area contributed by atoms with Crippen LogP contribution < -0.4 is 15.4 Å². The maximum atomic E-state index is 12.2. The first kappa shape index (κ1) is 21.9. The molecule has 1 aromatic carbocycles. The summed E-state index contributed by atoms with van der Waals surface area (Å²) in [6.07, 6.45) is 1.60. The highest BCUT2D eigenvalue weighted by Gasteiger charge is 2.15. The van der Waals surface area contributed by atoms with Crippen LogP contribution in [0.25, 0.3) is 0 Å². The van der Waals surface area contributed by atoms with Crippen LogP contribution in [0.1, 0.15) is 25.0 Å². The Labute approximate surface area is 170 Å². The number of hydrogen-bond acceptors (Lipinski definition) is 5. The molecule has 1 aromatic heterocycles. The SMILES string of the molecule is CC(=O)Oc1ccc(CC(CNC(=O)NC(C)Cc2ccsc2)N(C)C)cc1. The molecule has 2 unspecified atom stereocenters. The number of nitrogens with one attached hydrogen (secondary N) is 2. The second kappa shape index (κ2) is 10.8. The molecule has 0 spiro atoms. The van der Waals surface area contributed by atoms with Crippen molar-refractivity contribution in [2.24, 2.45) is 0 Å². The first-order valence-corrected chi connectivity index (χ1v) is 10.3. The molecule has 28 heavy (non-hydrogen) atoms. The number of amides is 2. The number of carbonyl (C=O) groups excluding carboxylic acids is 2. The number of esters is 1. The highest BCUT2D eigenvalue weighted by atomic mass is 32.1. The molecule has 2 aromatic rings. The highest BCUT2D eigenvalue weighted by molar-refractivity contribution is 7.07. The minimum atomic E-state index is -0.331. The molecule has 0 bridgehead atoms. The van der Waals surface area contributed by atoms with Crippen molar-refractivity contribution in [2.45, 2.75) is 38.8 Å². The predicted octanol–water partition coefficient (Wildman–Crippen LogP) is 3.08. The van der Waals surface area contributed by atoms with Gasteiger partial charge in [0.25, 0.3) is 0 Å². The Morgan fingerprint density at radius 1 is 1.11 bits per heavy atom. The van der Waals surface area contributed by atoms with Crippen molar-refractivity contribution in [3.05, 3.63) is 52.2 Å². The van der Waals surface area contributed by atoms with Crippen LogP contribution in [-0.2, 0) is 17.6 Å². The fourth-order valence-electron chi connectivity index (χ4n) is 2.87. The third kappa shape index (κ3) is 7.70. The largest absolute Gasteiger partial charge is 0.427 e. The van der Waals surface area contributed by atoms with Gasteiger partial charge in [-0.15, -0.1) is 0 Å². The van der Waals surface area contributed by atoms with E-state index in [1.165, 1.54) is 12.5 Å². The van der Waals surface area contributed by atoms with Crippen molar-refractivity contribution in [3.63, 3.8) is 0 Å². The molecule has 2 amide bonds. The van der Waals surface area contributed by atoms with Crippen LogP contribution in [0.4, 0.5) is 4.79 Å². The molecule has 0 radical (unpaired) electrons. The zero-order valence-corrected chi connectivity index (χ0v) is 17.7. The van der Waals surface area contributed by atoms with Crippen LogP contribution in [-0.4, -0.2) is 49.6 Å². The number of carbonyl (C=O) groups is 2. The number of thiophene rings is 1. The first-order chi connectivity index (χ1) is 13.3. The van der Waals surface area contributed by atoms with Gasteiger partial charge in [0.05, 0.1) is 0 Å². The van der Waals surface area contributed by atoms with E-state index in [1.54, 1.807) is 23.5 Å². The smallest absolute Gasteiger partial charge is 0.315 e. The normalized spacial score (nSPS) is 13.0. The summed E-state index contributed by atoms with van der Waals surface area (Å²) >= 11 is 1.66. The van der Waals surface area contributed by atoms with E-state index in [4.69, 9.17) is 4.74 Å². The molecular formula is C21H29N3O3S. The number of nitrogens with zero attached hydrogens (tertiary/aromatic N) is 1. The van der Waals surface area contributed by atoms with E-state index in [9.17, 15) is 9.59 Å². The van der Waals surface area contributed by atoms with Gasteiger partial charge in [0.15, 0.2) is 0 Å². The van der Waals surface area contributed by atoms with E-state index in [0.29, 0.717) is 12.3 Å². The maximum absolute atomic E-state index is 12.2. The molecule has 2 rings (SSSR count).